The van der Waals surface area contributed by atoms with Gasteiger partial charge in [-0.05, 0) is 37.8 Å². The van der Waals surface area contributed by atoms with Crippen LogP contribution in [-0.2, 0) is 4.79 Å². The van der Waals surface area contributed by atoms with Gasteiger partial charge in [-0.3, -0.25) is 15.6 Å². The highest BCUT2D eigenvalue weighted by Gasteiger charge is 2.24. The predicted octanol–water partition coefficient (Wildman–Crippen LogP) is 4.09. The molecule has 2 atom stereocenters. The number of carbonyl (C=O) groups excluding carboxylic acids is 1. The minimum absolute atomic E-state index is 0.0398. The normalized spacial score (nSPS) is 19.4. The lowest BCUT2D eigenvalue weighted by molar-refractivity contribution is -0.124. The summed E-state index contributed by atoms with van der Waals surface area (Å²) in [5.74, 6) is 0.0398. The molecular formula is C22H30N4OS. The van der Waals surface area contributed by atoms with Crippen molar-refractivity contribution in [2.75, 3.05) is 13.6 Å². The van der Waals surface area contributed by atoms with Crippen LogP contribution in [0.2, 0.25) is 0 Å². The van der Waals surface area contributed by atoms with E-state index < -0.39 is 0 Å². The van der Waals surface area contributed by atoms with Crippen molar-refractivity contribution in [1.82, 2.24) is 20.7 Å². The molecule has 1 saturated heterocycles. The Kier molecular flexibility index (Phi) is 7.77. The van der Waals surface area contributed by atoms with E-state index in [2.05, 4.69) is 46.2 Å². The zero-order valence-electron chi connectivity index (χ0n) is 16.7. The summed E-state index contributed by atoms with van der Waals surface area (Å²) in [6.45, 7) is 2.76. The van der Waals surface area contributed by atoms with Crippen molar-refractivity contribution in [1.29, 1.82) is 0 Å². The number of amides is 1. The molecule has 0 radical (unpaired) electrons. The van der Waals surface area contributed by atoms with E-state index >= 15 is 0 Å². The summed E-state index contributed by atoms with van der Waals surface area (Å²) in [7, 11) is 1.87. The van der Waals surface area contributed by atoms with Gasteiger partial charge in [0, 0.05) is 37.1 Å². The van der Waals surface area contributed by atoms with Gasteiger partial charge >= 0.3 is 0 Å². The van der Waals surface area contributed by atoms with Crippen molar-refractivity contribution in [3.8, 4) is 0 Å². The number of likely N-dealkylation sites (N-methyl/N-ethyl adjacent to an activating group) is 1. The summed E-state index contributed by atoms with van der Waals surface area (Å²) in [4.78, 5) is 18.3. The monoisotopic (exact) mass is 398 g/mol. The molecule has 2 unspecified atom stereocenters. The Morgan fingerprint density at radius 2 is 2.07 bits per heavy atom. The van der Waals surface area contributed by atoms with Crippen molar-refractivity contribution in [2.45, 2.75) is 51.1 Å². The Balaban J connectivity index is 1.28. The van der Waals surface area contributed by atoms with Crippen molar-refractivity contribution in [3.63, 3.8) is 0 Å². The number of aryl methyl sites for hydroxylation is 1. The highest BCUT2D eigenvalue weighted by molar-refractivity contribution is 7.09. The van der Waals surface area contributed by atoms with Gasteiger partial charge in [0.2, 0.25) is 5.91 Å². The topological polar surface area (TPSA) is 57.3 Å². The molecule has 0 bridgehead atoms. The molecule has 0 aliphatic carbocycles. The molecule has 1 fully saturated rings. The van der Waals surface area contributed by atoms with Crippen LogP contribution in [0.15, 0.2) is 41.8 Å². The fourth-order valence-electron chi connectivity index (χ4n) is 3.48. The number of carbonyl (C=O) groups is 1. The van der Waals surface area contributed by atoms with Gasteiger partial charge in [-0.15, -0.1) is 11.3 Å². The summed E-state index contributed by atoms with van der Waals surface area (Å²) in [5, 5.41) is 2.98. The smallest absolute Gasteiger partial charge is 0.246 e. The van der Waals surface area contributed by atoms with Gasteiger partial charge in [0.15, 0.2) is 0 Å². The lowest BCUT2D eigenvalue weighted by Crippen LogP contribution is -2.30. The van der Waals surface area contributed by atoms with Gasteiger partial charge < -0.3 is 4.90 Å². The van der Waals surface area contributed by atoms with Crippen LogP contribution < -0.4 is 10.9 Å². The second-order valence-corrected chi connectivity index (χ2v) is 8.48. The molecule has 2 aromatic rings. The maximum absolute atomic E-state index is 12.2. The molecule has 150 valence electrons. The van der Waals surface area contributed by atoms with Crippen molar-refractivity contribution >= 4 is 23.3 Å². The summed E-state index contributed by atoms with van der Waals surface area (Å²) in [6, 6.07) is 11.5. The summed E-state index contributed by atoms with van der Waals surface area (Å²) in [5.41, 5.74) is 9.04. The van der Waals surface area contributed by atoms with Crippen molar-refractivity contribution in [3.05, 3.63) is 58.1 Å². The molecule has 2 N–H and O–H groups in total. The number of hydrazine groups is 1. The van der Waals surface area contributed by atoms with Crippen LogP contribution in [0.5, 0.6) is 0 Å². The van der Waals surface area contributed by atoms with Crippen LogP contribution in [0.1, 0.15) is 54.4 Å². The Morgan fingerprint density at radius 3 is 2.82 bits per heavy atom. The lowest BCUT2D eigenvalue weighted by Gasteiger charge is -2.15. The number of rotatable bonds is 9. The molecule has 0 saturated carbocycles. The van der Waals surface area contributed by atoms with E-state index in [-0.39, 0.29) is 5.91 Å². The maximum atomic E-state index is 12.2. The number of hydrogen-bond donors (Lipinski definition) is 2. The summed E-state index contributed by atoms with van der Waals surface area (Å²) >= 11 is 1.60. The van der Waals surface area contributed by atoms with Gasteiger partial charge in [0.1, 0.15) is 0 Å². The minimum atomic E-state index is 0.0398. The third-order valence-electron chi connectivity index (χ3n) is 5.14. The average Bonchev–Trinajstić information content (AvgIpc) is 3.35. The predicted molar refractivity (Wildman–Crippen MR) is 116 cm³/mol. The van der Waals surface area contributed by atoms with Crippen LogP contribution in [0.3, 0.4) is 0 Å². The third kappa shape index (κ3) is 6.26. The SMILES string of the molecule is Cc1nc(/C=C/C(=O)N(C)CCCCCC2CC(c3ccccc3)NN2)cs1. The van der Waals surface area contributed by atoms with Gasteiger partial charge in [0.25, 0.3) is 0 Å². The van der Waals surface area contributed by atoms with Crippen LogP contribution in [0.4, 0.5) is 0 Å². The summed E-state index contributed by atoms with van der Waals surface area (Å²) in [6.07, 6.45) is 9.06. The van der Waals surface area contributed by atoms with E-state index in [1.165, 1.54) is 12.0 Å². The van der Waals surface area contributed by atoms with E-state index in [1.807, 2.05) is 19.4 Å². The molecule has 1 aliphatic rings. The fraction of sp³-hybridized carbons (Fsp3) is 0.455. The Morgan fingerprint density at radius 1 is 1.25 bits per heavy atom. The highest BCUT2D eigenvalue weighted by atomic mass is 32.1. The second-order valence-electron chi connectivity index (χ2n) is 7.42. The molecule has 3 rings (SSSR count). The number of nitrogens with zero attached hydrogens (tertiary/aromatic N) is 2. The Bertz CT molecular complexity index is 774. The zero-order valence-corrected chi connectivity index (χ0v) is 17.5. The number of benzene rings is 1. The Hall–Kier alpha value is -2.02. The van der Waals surface area contributed by atoms with Gasteiger partial charge in [-0.1, -0.05) is 43.2 Å². The fourth-order valence-corrected chi connectivity index (χ4v) is 4.06. The third-order valence-corrected chi connectivity index (χ3v) is 5.93. The second kappa shape index (κ2) is 10.5. The standard InChI is InChI=1S/C22H30N4OS/c1-17-23-20(16-28-17)12-13-22(27)26(2)14-8-4-7-11-19-15-21(25-24-19)18-9-5-3-6-10-18/h3,5-6,9-10,12-13,16,19,21,24-25H,4,7-8,11,14-15H2,1-2H3/b13-12+. The Labute approximate surface area is 171 Å². The molecule has 1 aromatic carbocycles. The first-order valence-corrected chi connectivity index (χ1v) is 10.9. The first kappa shape index (κ1) is 20.7. The van der Waals surface area contributed by atoms with Crippen LogP contribution in [0, 0.1) is 6.92 Å². The largest absolute Gasteiger partial charge is 0.342 e. The molecule has 28 heavy (non-hydrogen) atoms. The van der Waals surface area contributed by atoms with Crippen LogP contribution in [-0.4, -0.2) is 35.4 Å². The molecule has 0 spiro atoms. The van der Waals surface area contributed by atoms with Gasteiger partial charge in [0.05, 0.1) is 10.7 Å². The van der Waals surface area contributed by atoms with Crippen molar-refractivity contribution < 1.29 is 4.79 Å². The van der Waals surface area contributed by atoms with Gasteiger partial charge in [-0.25, -0.2) is 4.98 Å². The molecule has 1 aliphatic heterocycles. The lowest BCUT2D eigenvalue weighted by atomic mass is 9.99. The van der Waals surface area contributed by atoms with E-state index in [4.69, 9.17) is 0 Å². The van der Waals surface area contributed by atoms with E-state index in [0.717, 1.165) is 42.9 Å². The first-order chi connectivity index (χ1) is 13.6. The zero-order chi connectivity index (χ0) is 19.8. The molecule has 2 heterocycles. The first-order valence-electron chi connectivity index (χ1n) is 10.0. The van der Waals surface area contributed by atoms with Gasteiger partial charge in [-0.2, -0.15) is 0 Å². The maximum Gasteiger partial charge on any atom is 0.246 e. The highest BCUT2D eigenvalue weighted by Crippen LogP contribution is 2.24. The quantitative estimate of drug-likeness (QED) is 0.493. The number of aromatic nitrogens is 1. The molecular weight excluding hydrogens is 368 g/mol. The van der Waals surface area contributed by atoms with E-state index in [0.29, 0.717) is 12.1 Å². The molecule has 1 aromatic heterocycles. The van der Waals surface area contributed by atoms with Crippen LogP contribution in [0.25, 0.3) is 6.08 Å². The van der Waals surface area contributed by atoms with E-state index in [9.17, 15) is 4.79 Å². The molecule has 1 amide bonds. The number of hydrogen-bond acceptors (Lipinski definition) is 5. The minimum Gasteiger partial charge on any atom is -0.342 e. The molecule has 5 nitrogen and oxygen atoms in total. The average molecular weight is 399 g/mol. The van der Waals surface area contributed by atoms with E-state index in [1.54, 1.807) is 28.4 Å². The molecule has 6 heteroatoms. The van der Waals surface area contributed by atoms with Crippen LogP contribution >= 0.6 is 11.3 Å². The number of thiazole rings is 1. The van der Waals surface area contributed by atoms with Crippen molar-refractivity contribution in [2.24, 2.45) is 0 Å². The number of unbranched alkanes of at least 4 members (excludes halogenated alkanes) is 2. The summed E-state index contributed by atoms with van der Waals surface area (Å²) < 4.78 is 0. The number of nitrogens with one attached hydrogen (secondary N) is 2.